The van der Waals surface area contributed by atoms with E-state index < -0.39 is 0 Å². The fourth-order valence-electron chi connectivity index (χ4n) is 2.36. The van der Waals surface area contributed by atoms with E-state index in [1.165, 1.54) is 0 Å². The number of aromatic nitrogens is 3. The van der Waals surface area contributed by atoms with E-state index in [4.69, 9.17) is 0 Å². The van der Waals surface area contributed by atoms with E-state index in [1.54, 1.807) is 4.90 Å². The third kappa shape index (κ3) is 2.63. The molecule has 0 aliphatic carbocycles. The molecule has 2 heterocycles. The lowest BCUT2D eigenvalue weighted by Gasteiger charge is -2.23. The minimum absolute atomic E-state index is 0.0105. The van der Waals surface area contributed by atoms with Crippen LogP contribution in [0, 0.1) is 5.92 Å². The monoisotopic (exact) mass is 266 g/mol. The molecule has 6 nitrogen and oxygen atoms in total. The van der Waals surface area contributed by atoms with Gasteiger partial charge in [0.05, 0.1) is 12.6 Å². The summed E-state index contributed by atoms with van der Waals surface area (Å²) >= 11 is 0. The van der Waals surface area contributed by atoms with Crippen LogP contribution in [0.5, 0.6) is 0 Å². The third-order valence-corrected chi connectivity index (χ3v) is 3.72. The van der Waals surface area contributed by atoms with Crippen LogP contribution in [0.15, 0.2) is 0 Å². The highest BCUT2D eigenvalue weighted by Gasteiger charge is 2.36. The smallest absolute Gasteiger partial charge is 0.293 e. The summed E-state index contributed by atoms with van der Waals surface area (Å²) in [6, 6.07) is -0.121. The zero-order chi connectivity index (χ0) is 14.2. The van der Waals surface area contributed by atoms with E-state index in [1.807, 2.05) is 27.7 Å². The Morgan fingerprint density at radius 3 is 2.74 bits per heavy atom. The van der Waals surface area contributed by atoms with Gasteiger partial charge in [-0.15, -0.1) is 5.10 Å². The van der Waals surface area contributed by atoms with Crippen molar-refractivity contribution in [2.75, 3.05) is 13.2 Å². The van der Waals surface area contributed by atoms with E-state index in [0.717, 1.165) is 6.42 Å². The summed E-state index contributed by atoms with van der Waals surface area (Å²) in [6.07, 6.45) is 0.910. The van der Waals surface area contributed by atoms with E-state index in [0.29, 0.717) is 18.3 Å². The molecule has 2 rings (SSSR count). The van der Waals surface area contributed by atoms with Gasteiger partial charge in [0.1, 0.15) is 5.82 Å². The van der Waals surface area contributed by atoms with Crippen LogP contribution in [0.3, 0.4) is 0 Å². The Kier molecular flexibility index (Phi) is 3.62. The first-order valence-corrected chi connectivity index (χ1v) is 6.69. The van der Waals surface area contributed by atoms with Gasteiger partial charge in [-0.05, 0) is 12.3 Å². The fourth-order valence-corrected chi connectivity index (χ4v) is 2.36. The summed E-state index contributed by atoms with van der Waals surface area (Å²) in [5.41, 5.74) is -0.166. The van der Waals surface area contributed by atoms with Gasteiger partial charge in [-0.25, -0.2) is 4.98 Å². The summed E-state index contributed by atoms with van der Waals surface area (Å²) in [7, 11) is 0. The van der Waals surface area contributed by atoms with Crippen molar-refractivity contribution in [3.05, 3.63) is 11.6 Å². The number of nitrogens with zero attached hydrogens (tertiary/aromatic N) is 3. The van der Waals surface area contributed by atoms with Gasteiger partial charge in [0.2, 0.25) is 5.82 Å². The predicted molar refractivity (Wildman–Crippen MR) is 70.8 cm³/mol. The second-order valence-corrected chi connectivity index (χ2v) is 6.27. The van der Waals surface area contributed by atoms with E-state index in [-0.39, 0.29) is 29.8 Å². The number of carbonyl (C=O) groups is 1. The first-order valence-electron chi connectivity index (χ1n) is 6.69. The normalized spacial score (nSPS) is 23.9. The van der Waals surface area contributed by atoms with Crippen molar-refractivity contribution in [2.24, 2.45) is 5.92 Å². The number of nitrogens with one attached hydrogen (secondary N) is 1. The number of aromatic amines is 1. The molecule has 1 aliphatic heterocycles. The van der Waals surface area contributed by atoms with Crippen LogP contribution in [0.25, 0.3) is 0 Å². The Balaban J connectivity index is 2.18. The SMILES string of the molecule is CC1CCN(C(=O)c2n[nH]c(C(C)(C)C)n2)C1CO. The maximum atomic E-state index is 12.4. The summed E-state index contributed by atoms with van der Waals surface area (Å²) in [5, 5.41) is 16.2. The maximum absolute atomic E-state index is 12.4. The highest BCUT2D eigenvalue weighted by molar-refractivity contribution is 5.90. The molecular weight excluding hydrogens is 244 g/mol. The number of hydrogen-bond acceptors (Lipinski definition) is 4. The van der Waals surface area contributed by atoms with Gasteiger partial charge in [0, 0.05) is 12.0 Å². The number of amides is 1. The molecule has 2 N–H and O–H groups in total. The molecule has 2 unspecified atom stereocenters. The molecule has 1 aliphatic rings. The number of rotatable bonds is 2. The zero-order valence-electron chi connectivity index (χ0n) is 12.0. The molecule has 19 heavy (non-hydrogen) atoms. The van der Waals surface area contributed by atoms with Crippen LogP contribution in [0.2, 0.25) is 0 Å². The van der Waals surface area contributed by atoms with Gasteiger partial charge >= 0.3 is 0 Å². The van der Waals surface area contributed by atoms with Crippen molar-refractivity contribution in [3.8, 4) is 0 Å². The van der Waals surface area contributed by atoms with Gasteiger partial charge in [-0.2, -0.15) is 0 Å². The highest BCUT2D eigenvalue weighted by atomic mass is 16.3. The lowest BCUT2D eigenvalue weighted by Crippen LogP contribution is -2.40. The topological polar surface area (TPSA) is 82.1 Å². The van der Waals surface area contributed by atoms with Gasteiger partial charge in [-0.1, -0.05) is 27.7 Å². The third-order valence-electron chi connectivity index (χ3n) is 3.72. The molecule has 106 valence electrons. The molecule has 0 spiro atoms. The first kappa shape index (κ1) is 14.0. The minimum atomic E-state index is -0.199. The Hall–Kier alpha value is -1.43. The van der Waals surface area contributed by atoms with Crippen LogP contribution in [0.4, 0.5) is 0 Å². The average molecular weight is 266 g/mol. The minimum Gasteiger partial charge on any atom is -0.394 e. The number of carbonyl (C=O) groups excluding carboxylic acids is 1. The number of aliphatic hydroxyl groups excluding tert-OH is 1. The van der Waals surface area contributed by atoms with Crippen molar-refractivity contribution in [1.29, 1.82) is 0 Å². The van der Waals surface area contributed by atoms with Gasteiger partial charge in [-0.3, -0.25) is 9.89 Å². The van der Waals surface area contributed by atoms with Crippen LogP contribution in [-0.2, 0) is 5.41 Å². The predicted octanol–water partition coefficient (Wildman–Crippen LogP) is 0.945. The fraction of sp³-hybridized carbons (Fsp3) is 0.769. The number of hydrogen-bond donors (Lipinski definition) is 2. The Bertz CT molecular complexity index is 463. The van der Waals surface area contributed by atoms with Crippen molar-refractivity contribution in [1.82, 2.24) is 20.1 Å². The number of H-pyrrole nitrogens is 1. The van der Waals surface area contributed by atoms with E-state index >= 15 is 0 Å². The van der Waals surface area contributed by atoms with E-state index in [9.17, 15) is 9.90 Å². The van der Waals surface area contributed by atoms with Crippen LogP contribution >= 0.6 is 0 Å². The molecular formula is C13H22N4O2. The number of aliphatic hydroxyl groups is 1. The Morgan fingerprint density at radius 2 is 2.21 bits per heavy atom. The summed E-state index contributed by atoms with van der Waals surface area (Å²) in [4.78, 5) is 18.3. The quantitative estimate of drug-likeness (QED) is 0.835. The average Bonchev–Trinajstić information content (AvgIpc) is 2.93. The Labute approximate surface area is 113 Å². The molecule has 1 fully saturated rings. The summed E-state index contributed by atoms with van der Waals surface area (Å²) < 4.78 is 0. The van der Waals surface area contributed by atoms with Crippen LogP contribution < -0.4 is 0 Å². The summed E-state index contributed by atoms with van der Waals surface area (Å²) in [5.74, 6) is 1.01. The van der Waals surface area contributed by atoms with Gasteiger partial charge in [0.25, 0.3) is 5.91 Å². The summed E-state index contributed by atoms with van der Waals surface area (Å²) in [6.45, 7) is 8.73. The lowest BCUT2D eigenvalue weighted by molar-refractivity contribution is 0.0636. The second kappa shape index (κ2) is 4.92. The molecule has 6 heteroatoms. The van der Waals surface area contributed by atoms with E-state index in [2.05, 4.69) is 15.2 Å². The molecule has 1 amide bonds. The zero-order valence-corrected chi connectivity index (χ0v) is 12.0. The molecule has 1 aromatic rings. The van der Waals surface area contributed by atoms with Gasteiger partial charge < -0.3 is 10.0 Å². The van der Waals surface area contributed by atoms with Gasteiger partial charge in [0.15, 0.2) is 0 Å². The molecule has 0 aromatic carbocycles. The van der Waals surface area contributed by atoms with Crippen molar-refractivity contribution >= 4 is 5.91 Å². The van der Waals surface area contributed by atoms with Crippen molar-refractivity contribution in [2.45, 2.75) is 45.6 Å². The standard InChI is InChI=1S/C13H22N4O2/c1-8-5-6-17(9(8)7-18)11(19)10-14-12(16-15-10)13(2,3)4/h8-9,18H,5-7H2,1-4H3,(H,14,15,16). The first-order chi connectivity index (χ1) is 8.84. The maximum Gasteiger partial charge on any atom is 0.293 e. The molecule has 1 saturated heterocycles. The Morgan fingerprint density at radius 1 is 1.53 bits per heavy atom. The molecule has 1 aromatic heterocycles. The second-order valence-electron chi connectivity index (χ2n) is 6.27. The highest BCUT2D eigenvalue weighted by Crippen LogP contribution is 2.25. The molecule has 0 saturated carbocycles. The van der Waals surface area contributed by atoms with Crippen LogP contribution in [-0.4, -0.2) is 50.3 Å². The van der Waals surface area contributed by atoms with Crippen LogP contribution in [0.1, 0.15) is 50.6 Å². The van der Waals surface area contributed by atoms with Crippen molar-refractivity contribution < 1.29 is 9.90 Å². The number of likely N-dealkylation sites (tertiary alicyclic amines) is 1. The molecule has 2 atom stereocenters. The lowest BCUT2D eigenvalue weighted by atomic mass is 9.96. The van der Waals surface area contributed by atoms with Crippen molar-refractivity contribution in [3.63, 3.8) is 0 Å². The largest absolute Gasteiger partial charge is 0.394 e. The molecule has 0 bridgehead atoms. The molecule has 0 radical (unpaired) electrons.